The van der Waals surface area contributed by atoms with E-state index in [0.29, 0.717) is 17.8 Å². The van der Waals surface area contributed by atoms with Crippen LogP contribution in [0.25, 0.3) is 0 Å². The van der Waals surface area contributed by atoms with Crippen molar-refractivity contribution < 1.29 is 9.47 Å². The molecule has 3 unspecified atom stereocenters. The van der Waals surface area contributed by atoms with Gasteiger partial charge in [0.2, 0.25) is 0 Å². The van der Waals surface area contributed by atoms with Gasteiger partial charge in [-0.1, -0.05) is 26.0 Å². The van der Waals surface area contributed by atoms with Crippen LogP contribution in [-0.4, -0.2) is 19.5 Å². The molecule has 1 saturated heterocycles. The maximum atomic E-state index is 5.52. The summed E-state index contributed by atoms with van der Waals surface area (Å²) < 4.78 is 11.0. The van der Waals surface area contributed by atoms with Gasteiger partial charge in [0.1, 0.15) is 0 Å². The van der Waals surface area contributed by atoms with E-state index in [-0.39, 0.29) is 6.29 Å². The Bertz CT molecular complexity index is 194. The highest BCUT2D eigenvalue weighted by Crippen LogP contribution is 2.32. The molecule has 0 bridgehead atoms. The minimum Gasteiger partial charge on any atom is -0.350 e. The zero-order valence-electron chi connectivity index (χ0n) is 8.40. The van der Waals surface area contributed by atoms with Gasteiger partial charge in [-0.15, -0.1) is 0 Å². The van der Waals surface area contributed by atoms with Crippen molar-refractivity contribution in [2.45, 2.75) is 26.6 Å². The van der Waals surface area contributed by atoms with Crippen LogP contribution in [0.4, 0.5) is 0 Å². The van der Waals surface area contributed by atoms with Gasteiger partial charge in [-0.3, -0.25) is 0 Å². The maximum absolute atomic E-state index is 5.52. The first-order chi connectivity index (χ1) is 6.27. The zero-order valence-corrected chi connectivity index (χ0v) is 8.40. The lowest BCUT2D eigenvalue weighted by Crippen LogP contribution is -2.29. The summed E-state index contributed by atoms with van der Waals surface area (Å²) in [6.07, 6.45) is 5.84. The predicted octanol–water partition coefficient (Wildman–Crippen LogP) is 2.21. The minimum atomic E-state index is 0.0266. The lowest BCUT2D eigenvalue weighted by atomic mass is 9.80. The Morgan fingerprint density at radius 1 is 1.08 bits per heavy atom. The van der Waals surface area contributed by atoms with E-state index in [1.807, 2.05) is 0 Å². The third kappa shape index (κ3) is 1.94. The molecule has 0 N–H and O–H groups in total. The Kier molecular flexibility index (Phi) is 2.70. The topological polar surface area (TPSA) is 18.5 Å². The molecule has 2 nitrogen and oxygen atoms in total. The largest absolute Gasteiger partial charge is 0.350 e. The van der Waals surface area contributed by atoms with Crippen LogP contribution in [-0.2, 0) is 9.47 Å². The summed E-state index contributed by atoms with van der Waals surface area (Å²) in [6.45, 7) is 6.07. The van der Waals surface area contributed by atoms with Crippen molar-refractivity contribution in [3.8, 4) is 0 Å². The number of rotatable bonds is 1. The number of allylic oxidation sites excluding steroid dienone is 1. The highest BCUT2D eigenvalue weighted by molar-refractivity contribution is 5.00. The Balaban J connectivity index is 2.01. The van der Waals surface area contributed by atoms with Crippen LogP contribution in [0.3, 0.4) is 0 Å². The highest BCUT2D eigenvalue weighted by Gasteiger charge is 2.31. The van der Waals surface area contributed by atoms with Gasteiger partial charge < -0.3 is 9.47 Å². The highest BCUT2D eigenvalue weighted by atomic mass is 16.7. The first kappa shape index (κ1) is 9.22. The molecule has 0 amide bonds. The molecule has 1 heterocycles. The van der Waals surface area contributed by atoms with Crippen LogP contribution in [0.1, 0.15) is 20.3 Å². The van der Waals surface area contributed by atoms with Crippen LogP contribution in [0.2, 0.25) is 0 Å². The number of ether oxygens (including phenoxy) is 2. The molecule has 1 fully saturated rings. The molecule has 3 atom stereocenters. The zero-order chi connectivity index (χ0) is 9.26. The second-order valence-electron chi connectivity index (χ2n) is 4.26. The SMILES string of the molecule is CC1C=CC(C2OCCO2)C(C)C1. The molecule has 74 valence electrons. The van der Waals surface area contributed by atoms with Gasteiger partial charge in [0.25, 0.3) is 0 Å². The molecule has 0 aromatic rings. The van der Waals surface area contributed by atoms with Crippen molar-refractivity contribution in [3.05, 3.63) is 12.2 Å². The van der Waals surface area contributed by atoms with Gasteiger partial charge in [-0.05, 0) is 18.3 Å². The summed E-state index contributed by atoms with van der Waals surface area (Å²) >= 11 is 0. The van der Waals surface area contributed by atoms with Crippen molar-refractivity contribution >= 4 is 0 Å². The molecule has 0 aromatic carbocycles. The fourth-order valence-corrected chi connectivity index (χ4v) is 2.29. The number of hydrogen-bond donors (Lipinski definition) is 0. The average molecular weight is 182 g/mol. The molecule has 2 rings (SSSR count). The standard InChI is InChI=1S/C11H18O2/c1-8-3-4-10(9(2)7-8)11-12-5-6-13-11/h3-4,8-11H,5-7H2,1-2H3. The minimum absolute atomic E-state index is 0.0266. The molecule has 1 aliphatic heterocycles. The van der Waals surface area contributed by atoms with Crippen LogP contribution >= 0.6 is 0 Å². The molecule has 0 radical (unpaired) electrons. The number of hydrogen-bond acceptors (Lipinski definition) is 2. The van der Waals surface area contributed by atoms with Gasteiger partial charge in [0.05, 0.1) is 13.2 Å². The van der Waals surface area contributed by atoms with Gasteiger partial charge in [-0.2, -0.15) is 0 Å². The first-order valence-electron chi connectivity index (χ1n) is 5.19. The normalized spacial score (nSPS) is 41.2. The summed E-state index contributed by atoms with van der Waals surface area (Å²) in [5.41, 5.74) is 0. The molecular formula is C11H18O2. The predicted molar refractivity (Wildman–Crippen MR) is 51.3 cm³/mol. The van der Waals surface area contributed by atoms with E-state index in [9.17, 15) is 0 Å². The Hall–Kier alpha value is -0.340. The van der Waals surface area contributed by atoms with Crippen molar-refractivity contribution in [1.82, 2.24) is 0 Å². The third-order valence-corrected chi connectivity index (χ3v) is 3.02. The lowest BCUT2D eigenvalue weighted by molar-refractivity contribution is -0.0859. The van der Waals surface area contributed by atoms with Crippen molar-refractivity contribution in [2.24, 2.45) is 17.8 Å². The van der Waals surface area contributed by atoms with E-state index in [4.69, 9.17) is 9.47 Å². The Labute approximate surface area is 79.9 Å². The summed E-state index contributed by atoms with van der Waals surface area (Å²) in [4.78, 5) is 0. The van der Waals surface area contributed by atoms with E-state index in [1.54, 1.807) is 0 Å². The smallest absolute Gasteiger partial charge is 0.164 e. The summed E-state index contributed by atoms with van der Waals surface area (Å²) in [5.74, 6) is 1.87. The molecule has 0 saturated carbocycles. The second kappa shape index (κ2) is 3.81. The van der Waals surface area contributed by atoms with E-state index in [1.165, 1.54) is 6.42 Å². The first-order valence-corrected chi connectivity index (χ1v) is 5.19. The molecule has 0 spiro atoms. The molecular weight excluding hydrogens is 164 g/mol. The van der Waals surface area contributed by atoms with Crippen molar-refractivity contribution in [1.29, 1.82) is 0 Å². The maximum Gasteiger partial charge on any atom is 0.164 e. The van der Waals surface area contributed by atoms with Gasteiger partial charge in [-0.25, -0.2) is 0 Å². The monoisotopic (exact) mass is 182 g/mol. The van der Waals surface area contributed by atoms with Crippen LogP contribution in [0.5, 0.6) is 0 Å². The molecule has 0 aromatic heterocycles. The average Bonchev–Trinajstić information content (AvgIpc) is 2.56. The second-order valence-corrected chi connectivity index (χ2v) is 4.26. The van der Waals surface area contributed by atoms with E-state index >= 15 is 0 Å². The Morgan fingerprint density at radius 3 is 2.38 bits per heavy atom. The fraction of sp³-hybridized carbons (Fsp3) is 0.818. The van der Waals surface area contributed by atoms with E-state index in [0.717, 1.165) is 13.2 Å². The van der Waals surface area contributed by atoms with Crippen LogP contribution < -0.4 is 0 Å². The summed E-state index contributed by atoms with van der Waals surface area (Å²) in [6, 6.07) is 0. The molecule has 2 aliphatic rings. The summed E-state index contributed by atoms with van der Waals surface area (Å²) in [7, 11) is 0. The van der Waals surface area contributed by atoms with Gasteiger partial charge in [0.15, 0.2) is 6.29 Å². The van der Waals surface area contributed by atoms with Crippen molar-refractivity contribution in [3.63, 3.8) is 0 Å². The Morgan fingerprint density at radius 2 is 1.77 bits per heavy atom. The van der Waals surface area contributed by atoms with E-state index in [2.05, 4.69) is 26.0 Å². The van der Waals surface area contributed by atoms with Gasteiger partial charge in [0, 0.05) is 5.92 Å². The third-order valence-electron chi connectivity index (χ3n) is 3.02. The quantitative estimate of drug-likeness (QED) is 0.579. The fourth-order valence-electron chi connectivity index (χ4n) is 2.29. The molecule has 2 heteroatoms. The van der Waals surface area contributed by atoms with Gasteiger partial charge >= 0.3 is 0 Å². The molecule has 13 heavy (non-hydrogen) atoms. The molecule has 1 aliphatic carbocycles. The van der Waals surface area contributed by atoms with E-state index < -0.39 is 0 Å². The summed E-state index contributed by atoms with van der Waals surface area (Å²) in [5, 5.41) is 0. The van der Waals surface area contributed by atoms with Crippen molar-refractivity contribution in [2.75, 3.05) is 13.2 Å². The van der Waals surface area contributed by atoms with Crippen LogP contribution in [0.15, 0.2) is 12.2 Å². The lowest BCUT2D eigenvalue weighted by Gasteiger charge is -2.30. The van der Waals surface area contributed by atoms with Crippen LogP contribution in [0, 0.1) is 17.8 Å².